The van der Waals surface area contributed by atoms with Crippen LogP contribution in [0.4, 0.5) is 0 Å². The van der Waals surface area contributed by atoms with Crippen molar-refractivity contribution in [3.8, 4) is 0 Å². The summed E-state index contributed by atoms with van der Waals surface area (Å²) in [7, 11) is 1.98. The highest BCUT2D eigenvalue weighted by atomic mass is 16.2. The minimum absolute atomic E-state index is 0.134. The predicted octanol–water partition coefficient (Wildman–Crippen LogP) is 2.71. The minimum Gasteiger partial charge on any atom is -0.350 e. The highest BCUT2D eigenvalue weighted by Crippen LogP contribution is 2.49. The zero-order chi connectivity index (χ0) is 17.1. The smallest absolute Gasteiger partial charge is 0.254 e. The molecule has 1 aliphatic heterocycles. The molecule has 4 aliphatic rings. The average molecular weight is 333 g/mol. The molecule has 0 spiro atoms. The molecule has 1 aromatic heterocycles. The number of fused-ring (bicyclic) bond motifs is 2. The normalized spacial score (nSPS) is 30.8. The van der Waals surface area contributed by atoms with E-state index in [0.717, 1.165) is 34.3 Å². The number of carbonyl (C=O) groups excluding carboxylic acids is 2. The molecule has 25 heavy (non-hydrogen) atoms. The summed E-state index contributed by atoms with van der Waals surface area (Å²) < 4.78 is 2.02. The summed E-state index contributed by atoms with van der Waals surface area (Å²) >= 11 is 0. The number of benzene rings is 1. The second-order valence-corrected chi connectivity index (χ2v) is 7.29. The summed E-state index contributed by atoms with van der Waals surface area (Å²) in [5, 5.41) is 6.49. The summed E-state index contributed by atoms with van der Waals surface area (Å²) in [5.41, 5.74) is 2.01. The molecule has 0 unspecified atom stereocenters. The van der Waals surface area contributed by atoms with Crippen molar-refractivity contribution in [2.45, 2.75) is 12.8 Å². The molecule has 5 nitrogen and oxygen atoms in total. The SMILES string of the molecule is Cn1cc(/C=N\N2C(=O)[C@@H]3[C@@H](C2=O)[C@H]2C=C[C@H]3CC2)c2ccccc21. The van der Waals surface area contributed by atoms with Gasteiger partial charge in [0.05, 0.1) is 18.1 Å². The fourth-order valence-corrected chi connectivity index (χ4v) is 4.77. The third-order valence-electron chi connectivity index (χ3n) is 5.98. The van der Waals surface area contributed by atoms with Crippen molar-refractivity contribution in [3.05, 3.63) is 48.2 Å². The van der Waals surface area contributed by atoms with Gasteiger partial charge in [-0.05, 0) is 30.7 Å². The zero-order valence-electron chi connectivity index (χ0n) is 14.0. The first-order valence-corrected chi connectivity index (χ1v) is 8.79. The molecule has 2 fully saturated rings. The summed E-state index contributed by atoms with van der Waals surface area (Å²) in [6.45, 7) is 0. The van der Waals surface area contributed by atoms with Crippen LogP contribution in [-0.2, 0) is 16.6 Å². The van der Waals surface area contributed by atoms with Crippen LogP contribution >= 0.6 is 0 Å². The quantitative estimate of drug-likeness (QED) is 0.482. The van der Waals surface area contributed by atoms with E-state index in [9.17, 15) is 9.59 Å². The van der Waals surface area contributed by atoms with Gasteiger partial charge in [-0.25, -0.2) is 0 Å². The number of carbonyl (C=O) groups is 2. The van der Waals surface area contributed by atoms with E-state index >= 15 is 0 Å². The summed E-state index contributed by atoms with van der Waals surface area (Å²) in [6.07, 6.45) is 9.86. The molecule has 0 N–H and O–H groups in total. The molecule has 3 aliphatic carbocycles. The molecule has 1 aromatic carbocycles. The lowest BCUT2D eigenvalue weighted by atomic mass is 9.63. The standard InChI is InChI=1S/C20H19N3O2/c1-22-11-14(15-4-2-3-5-16(15)22)10-21-23-19(24)17-12-6-7-13(9-8-12)18(17)20(23)25/h2-7,10-13,17-18H,8-9H2,1H3/b21-10-/t12-,13-,17-,18-/m0/s1. The summed E-state index contributed by atoms with van der Waals surface area (Å²) in [6, 6.07) is 8.03. The van der Waals surface area contributed by atoms with Crippen LogP contribution in [0.1, 0.15) is 18.4 Å². The van der Waals surface area contributed by atoms with E-state index in [1.54, 1.807) is 6.21 Å². The van der Waals surface area contributed by atoms with Gasteiger partial charge in [0.1, 0.15) is 0 Å². The van der Waals surface area contributed by atoms with Crippen LogP contribution in [-0.4, -0.2) is 27.6 Å². The van der Waals surface area contributed by atoms with Crippen LogP contribution in [0.25, 0.3) is 10.9 Å². The molecule has 1 saturated heterocycles. The van der Waals surface area contributed by atoms with Gasteiger partial charge in [0.2, 0.25) is 0 Å². The van der Waals surface area contributed by atoms with E-state index in [4.69, 9.17) is 0 Å². The fraction of sp³-hybridized carbons (Fsp3) is 0.350. The Kier molecular flexibility index (Phi) is 3.02. The number of allylic oxidation sites excluding steroid dienone is 2. The van der Waals surface area contributed by atoms with E-state index < -0.39 is 0 Å². The van der Waals surface area contributed by atoms with Crippen molar-refractivity contribution in [2.24, 2.45) is 35.8 Å². The topological polar surface area (TPSA) is 54.7 Å². The zero-order valence-corrected chi connectivity index (χ0v) is 14.0. The van der Waals surface area contributed by atoms with Gasteiger partial charge in [-0.15, -0.1) is 0 Å². The van der Waals surface area contributed by atoms with Crippen molar-refractivity contribution in [3.63, 3.8) is 0 Å². The molecular weight excluding hydrogens is 314 g/mol. The Bertz CT molecular complexity index is 923. The Hall–Kier alpha value is -2.69. The molecule has 2 amide bonds. The van der Waals surface area contributed by atoms with Gasteiger partial charge in [0.15, 0.2) is 0 Å². The van der Waals surface area contributed by atoms with Gasteiger partial charge in [-0.2, -0.15) is 10.1 Å². The molecule has 2 heterocycles. The highest BCUT2D eigenvalue weighted by molar-refractivity contribution is 6.07. The minimum atomic E-state index is -0.207. The number of aromatic nitrogens is 1. The van der Waals surface area contributed by atoms with E-state index in [-0.39, 0.29) is 35.5 Å². The Morgan fingerprint density at radius 3 is 2.32 bits per heavy atom. The third kappa shape index (κ3) is 1.98. The lowest BCUT2D eigenvalue weighted by molar-refractivity contribution is -0.140. The van der Waals surface area contributed by atoms with Crippen LogP contribution in [0, 0.1) is 23.7 Å². The van der Waals surface area contributed by atoms with Gasteiger partial charge in [-0.3, -0.25) is 9.59 Å². The van der Waals surface area contributed by atoms with Gasteiger partial charge in [0, 0.05) is 29.7 Å². The Morgan fingerprint density at radius 1 is 1.04 bits per heavy atom. The first-order chi connectivity index (χ1) is 12.1. The number of aryl methyl sites for hydroxylation is 1. The molecule has 4 atom stereocenters. The number of amides is 2. The molecule has 2 bridgehead atoms. The molecule has 1 saturated carbocycles. The first kappa shape index (κ1) is 14.6. The van der Waals surface area contributed by atoms with Crippen LogP contribution in [0.5, 0.6) is 0 Å². The monoisotopic (exact) mass is 333 g/mol. The van der Waals surface area contributed by atoms with Crippen molar-refractivity contribution in [1.82, 2.24) is 9.58 Å². The van der Waals surface area contributed by atoms with E-state index in [2.05, 4.69) is 17.3 Å². The lowest BCUT2D eigenvalue weighted by Gasteiger charge is -2.37. The molecule has 126 valence electrons. The maximum atomic E-state index is 12.8. The second-order valence-electron chi connectivity index (χ2n) is 7.29. The number of rotatable bonds is 2. The van der Waals surface area contributed by atoms with Crippen molar-refractivity contribution >= 4 is 28.9 Å². The van der Waals surface area contributed by atoms with Crippen LogP contribution in [0.2, 0.25) is 0 Å². The van der Waals surface area contributed by atoms with Crippen molar-refractivity contribution in [2.75, 3.05) is 0 Å². The largest absolute Gasteiger partial charge is 0.350 e. The van der Waals surface area contributed by atoms with E-state index in [0.29, 0.717) is 0 Å². The number of hydrogen-bond donors (Lipinski definition) is 0. The fourth-order valence-electron chi connectivity index (χ4n) is 4.77. The third-order valence-corrected chi connectivity index (χ3v) is 5.98. The number of nitrogens with zero attached hydrogens (tertiary/aromatic N) is 3. The second kappa shape index (κ2) is 5.15. The van der Waals surface area contributed by atoms with Gasteiger partial charge in [-0.1, -0.05) is 30.4 Å². The number of para-hydroxylation sites is 1. The molecule has 5 heteroatoms. The van der Waals surface area contributed by atoms with Crippen LogP contribution in [0.15, 0.2) is 47.7 Å². The first-order valence-electron chi connectivity index (χ1n) is 8.79. The molecular formula is C20H19N3O2. The summed E-state index contributed by atoms with van der Waals surface area (Å²) in [4.78, 5) is 25.6. The van der Waals surface area contributed by atoms with Crippen LogP contribution in [0.3, 0.4) is 0 Å². The molecule has 6 rings (SSSR count). The van der Waals surface area contributed by atoms with Gasteiger partial charge < -0.3 is 4.57 Å². The average Bonchev–Trinajstić information content (AvgIpc) is 3.11. The summed E-state index contributed by atoms with van der Waals surface area (Å²) in [5.74, 6) is -0.286. The Balaban J connectivity index is 1.49. The predicted molar refractivity (Wildman–Crippen MR) is 94.7 cm³/mol. The number of hydrazone groups is 1. The maximum Gasteiger partial charge on any atom is 0.254 e. The van der Waals surface area contributed by atoms with Gasteiger partial charge in [0.25, 0.3) is 11.8 Å². The highest BCUT2D eigenvalue weighted by Gasteiger charge is 2.56. The van der Waals surface area contributed by atoms with E-state index in [1.807, 2.05) is 42.1 Å². The lowest BCUT2D eigenvalue weighted by Crippen LogP contribution is -2.38. The van der Waals surface area contributed by atoms with Crippen molar-refractivity contribution < 1.29 is 9.59 Å². The van der Waals surface area contributed by atoms with Crippen LogP contribution < -0.4 is 0 Å². The molecule has 2 aromatic rings. The number of imide groups is 1. The Morgan fingerprint density at radius 2 is 1.68 bits per heavy atom. The van der Waals surface area contributed by atoms with Crippen molar-refractivity contribution in [1.29, 1.82) is 0 Å². The molecule has 0 radical (unpaired) electrons. The van der Waals surface area contributed by atoms with Gasteiger partial charge >= 0.3 is 0 Å². The maximum absolute atomic E-state index is 12.8. The Labute approximate surface area is 145 Å². The van der Waals surface area contributed by atoms with E-state index in [1.165, 1.54) is 0 Å². The number of hydrogen-bond acceptors (Lipinski definition) is 3.